The van der Waals surface area contributed by atoms with Gasteiger partial charge < -0.3 is 11.1 Å². The summed E-state index contributed by atoms with van der Waals surface area (Å²) in [6, 6.07) is 0. The zero-order valence-electron chi connectivity index (χ0n) is 9.99. The van der Waals surface area contributed by atoms with Crippen molar-refractivity contribution >= 4 is 16.5 Å². The normalized spacial score (nSPS) is 30.3. The maximum atomic E-state index is 5.93. The van der Waals surface area contributed by atoms with E-state index in [1.165, 1.54) is 12.8 Å². The second kappa shape index (κ2) is 4.67. The number of hydrogen-bond acceptors (Lipinski definition) is 5. The van der Waals surface area contributed by atoms with Crippen LogP contribution in [-0.4, -0.2) is 22.3 Å². The summed E-state index contributed by atoms with van der Waals surface area (Å²) in [5.41, 5.74) is 5.99. The highest BCUT2D eigenvalue weighted by Gasteiger charge is 2.33. The monoisotopic (exact) mass is 240 g/mol. The van der Waals surface area contributed by atoms with Crippen molar-refractivity contribution in [2.24, 2.45) is 11.7 Å². The largest absolute Gasteiger partial charge is 0.353 e. The van der Waals surface area contributed by atoms with Gasteiger partial charge in [0.05, 0.1) is 5.54 Å². The van der Waals surface area contributed by atoms with Gasteiger partial charge in [-0.1, -0.05) is 18.3 Å². The first-order chi connectivity index (χ1) is 7.63. The van der Waals surface area contributed by atoms with E-state index in [-0.39, 0.29) is 5.54 Å². The van der Waals surface area contributed by atoms with Crippen LogP contribution < -0.4 is 11.1 Å². The third kappa shape index (κ3) is 2.52. The van der Waals surface area contributed by atoms with Gasteiger partial charge in [0.15, 0.2) is 0 Å². The highest BCUT2D eigenvalue weighted by molar-refractivity contribution is 7.15. The fourth-order valence-corrected chi connectivity index (χ4v) is 2.98. The molecule has 4 nitrogen and oxygen atoms in total. The van der Waals surface area contributed by atoms with Crippen LogP contribution in [0.5, 0.6) is 0 Å². The predicted molar refractivity (Wildman–Crippen MR) is 67.7 cm³/mol. The summed E-state index contributed by atoms with van der Waals surface area (Å²) in [6.07, 6.45) is 4.79. The van der Waals surface area contributed by atoms with Crippen LogP contribution in [-0.2, 0) is 0 Å². The molecule has 1 saturated carbocycles. The van der Waals surface area contributed by atoms with Crippen LogP contribution in [0.1, 0.15) is 37.6 Å². The Morgan fingerprint density at radius 3 is 2.62 bits per heavy atom. The predicted octanol–water partition coefficient (Wildman–Crippen LogP) is 2.17. The third-order valence-corrected chi connectivity index (χ3v) is 4.27. The maximum absolute atomic E-state index is 5.93. The minimum Gasteiger partial charge on any atom is -0.353 e. The van der Waals surface area contributed by atoms with Gasteiger partial charge in [-0.05, 0) is 38.5 Å². The minimum absolute atomic E-state index is 0.0541. The van der Waals surface area contributed by atoms with Crippen molar-refractivity contribution in [3.63, 3.8) is 0 Å². The molecule has 5 heteroatoms. The lowest BCUT2D eigenvalue weighted by Gasteiger charge is -2.39. The molecule has 16 heavy (non-hydrogen) atoms. The van der Waals surface area contributed by atoms with Crippen LogP contribution in [0.4, 0.5) is 5.13 Å². The molecule has 0 spiro atoms. The van der Waals surface area contributed by atoms with Gasteiger partial charge in [-0.2, -0.15) is 0 Å². The summed E-state index contributed by atoms with van der Waals surface area (Å²) < 4.78 is 0. The van der Waals surface area contributed by atoms with Crippen molar-refractivity contribution in [2.75, 3.05) is 11.9 Å². The number of hydrogen-bond donors (Lipinski definition) is 2. The van der Waals surface area contributed by atoms with Crippen molar-refractivity contribution in [3.05, 3.63) is 5.01 Å². The quantitative estimate of drug-likeness (QED) is 0.850. The van der Waals surface area contributed by atoms with E-state index in [9.17, 15) is 0 Å². The molecule has 0 amide bonds. The first-order valence-electron chi connectivity index (χ1n) is 5.92. The first-order valence-corrected chi connectivity index (χ1v) is 6.73. The molecule has 0 aliphatic heterocycles. The van der Waals surface area contributed by atoms with Crippen LogP contribution >= 0.6 is 11.3 Å². The molecule has 1 aromatic heterocycles. The van der Waals surface area contributed by atoms with Crippen LogP contribution in [0, 0.1) is 12.8 Å². The van der Waals surface area contributed by atoms with E-state index in [4.69, 9.17) is 5.73 Å². The summed E-state index contributed by atoms with van der Waals surface area (Å²) in [5.74, 6) is 0.831. The van der Waals surface area contributed by atoms with Crippen molar-refractivity contribution < 1.29 is 0 Å². The maximum Gasteiger partial charge on any atom is 0.206 e. The Morgan fingerprint density at radius 1 is 1.44 bits per heavy atom. The van der Waals surface area contributed by atoms with Gasteiger partial charge in [-0.15, -0.1) is 10.2 Å². The lowest BCUT2D eigenvalue weighted by atomic mass is 9.77. The van der Waals surface area contributed by atoms with Gasteiger partial charge >= 0.3 is 0 Å². The third-order valence-electron chi connectivity index (χ3n) is 3.52. The van der Waals surface area contributed by atoms with Gasteiger partial charge in [0.1, 0.15) is 5.01 Å². The highest BCUT2D eigenvalue weighted by Crippen LogP contribution is 2.34. The Kier molecular flexibility index (Phi) is 3.44. The topological polar surface area (TPSA) is 63.8 Å². The smallest absolute Gasteiger partial charge is 0.206 e. The number of nitrogens with one attached hydrogen (secondary N) is 1. The van der Waals surface area contributed by atoms with Crippen LogP contribution in [0.2, 0.25) is 0 Å². The van der Waals surface area contributed by atoms with Crippen LogP contribution in [0.15, 0.2) is 0 Å². The van der Waals surface area contributed by atoms with Crippen LogP contribution in [0.25, 0.3) is 0 Å². The SMILES string of the molecule is Cc1nnc(NC2(CN)CCC(C)CC2)s1. The van der Waals surface area contributed by atoms with Crippen molar-refractivity contribution in [1.29, 1.82) is 0 Å². The lowest BCUT2D eigenvalue weighted by Crippen LogP contribution is -2.48. The van der Waals surface area contributed by atoms with E-state index >= 15 is 0 Å². The van der Waals surface area contributed by atoms with Gasteiger partial charge in [0.25, 0.3) is 0 Å². The summed E-state index contributed by atoms with van der Waals surface area (Å²) in [7, 11) is 0. The molecule has 1 aromatic rings. The zero-order chi connectivity index (χ0) is 11.6. The van der Waals surface area contributed by atoms with Gasteiger partial charge in [-0.3, -0.25) is 0 Å². The molecule has 90 valence electrons. The van der Waals surface area contributed by atoms with E-state index in [0.717, 1.165) is 28.9 Å². The fourth-order valence-electron chi connectivity index (χ4n) is 2.27. The molecule has 0 bridgehead atoms. The molecule has 1 aliphatic rings. The molecule has 0 atom stereocenters. The second-order valence-corrected chi connectivity index (χ2v) is 6.10. The van der Waals surface area contributed by atoms with E-state index in [2.05, 4.69) is 22.4 Å². The standard InChI is InChI=1S/C11H20N4S/c1-8-3-5-11(7-12,6-4-8)13-10-15-14-9(2)16-10/h8H,3-7,12H2,1-2H3,(H,13,15). The van der Waals surface area contributed by atoms with E-state index in [0.29, 0.717) is 6.54 Å². The van der Waals surface area contributed by atoms with E-state index in [1.54, 1.807) is 11.3 Å². The van der Waals surface area contributed by atoms with Crippen molar-refractivity contribution in [1.82, 2.24) is 10.2 Å². The molecular weight excluding hydrogens is 220 g/mol. The molecule has 1 heterocycles. The Morgan fingerprint density at radius 2 is 2.12 bits per heavy atom. The Labute approximate surface area is 101 Å². The minimum atomic E-state index is 0.0541. The molecular formula is C11H20N4S. The summed E-state index contributed by atoms with van der Waals surface area (Å²) in [4.78, 5) is 0. The zero-order valence-corrected chi connectivity index (χ0v) is 10.8. The second-order valence-electron chi connectivity index (χ2n) is 4.92. The number of aromatic nitrogens is 2. The van der Waals surface area contributed by atoms with Gasteiger partial charge in [0.2, 0.25) is 5.13 Å². The highest BCUT2D eigenvalue weighted by atomic mass is 32.1. The van der Waals surface area contributed by atoms with Crippen LogP contribution in [0.3, 0.4) is 0 Å². The number of nitrogens with zero attached hydrogens (tertiary/aromatic N) is 2. The Hall–Kier alpha value is -0.680. The number of aryl methyl sites for hydroxylation is 1. The lowest BCUT2D eigenvalue weighted by molar-refractivity contribution is 0.271. The number of rotatable bonds is 3. The molecule has 1 aliphatic carbocycles. The number of anilines is 1. The van der Waals surface area contributed by atoms with E-state index < -0.39 is 0 Å². The summed E-state index contributed by atoms with van der Waals surface area (Å²) in [5, 5.41) is 13.6. The Balaban J connectivity index is 2.04. The summed E-state index contributed by atoms with van der Waals surface area (Å²) >= 11 is 1.61. The van der Waals surface area contributed by atoms with Crippen molar-refractivity contribution in [2.45, 2.75) is 45.1 Å². The Bertz CT molecular complexity index is 342. The molecule has 2 rings (SSSR count). The molecule has 0 unspecified atom stereocenters. The summed E-state index contributed by atoms with van der Waals surface area (Å²) in [6.45, 7) is 4.97. The fraction of sp³-hybridized carbons (Fsp3) is 0.818. The molecule has 0 radical (unpaired) electrons. The molecule has 3 N–H and O–H groups in total. The number of nitrogens with two attached hydrogens (primary N) is 1. The van der Waals surface area contributed by atoms with Gasteiger partial charge in [0, 0.05) is 6.54 Å². The van der Waals surface area contributed by atoms with E-state index in [1.807, 2.05) is 6.92 Å². The average molecular weight is 240 g/mol. The first kappa shape index (κ1) is 11.8. The van der Waals surface area contributed by atoms with Gasteiger partial charge in [-0.25, -0.2) is 0 Å². The van der Waals surface area contributed by atoms with Crippen molar-refractivity contribution in [3.8, 4) is 0 Å². The molecule has 0 saturated heterocycles. The molecule has 0 aromatic carbocycles. The average Bonchev–Trinajstić information content (AvgIpc) is 2.68. The molecule has 1 fully saturated rings.